The van der Waals surface area contributed by atoms with Crippen molar-refractivity contribution in [1.82, 2.24) is 0 Å². The van der Waals surface area contributed by atoms with Crippen LogP contribution in [0.5, 0.6) is 0 Å². The van der Waals surface area contributed by atoms with Gasteiger partial charge in [0, 0.05) is 0 Å². The van der Waals surface area contributed by atoms with Gasteiger partial charge in [0.15, 0.2) is 0 Å². The third-order valence-electron chi connectivity index (χ3n) is 2.27. The number of hydrogen-bond acceptors (Lipinski definition) is 1. The van der Waals surface area contributed by atoms with Crippen LogP contribution in [0, 0.1) is 0 Å². The molecule has 0 nitrogen and oxygen atoms in total. The lowest BCUT2D eigenvalue weighted by Gasteiger charge is -1.99. The summed E-state index contributed by atoms with van der Waals surface area (Å²) >= 11 is 13.5. The second-order valence-electron chi connectivity index (χ2n) is 2.98. The van der Waals surface area contributed by atoms with Crippen LogP contribution < -0.4 is 0 Å². The molecule has 2 rings (SSSR count). The van der Waals surface area contributed by atoms with Crippen LogP contribution in [0.1, 0.15) is 30.4 Å². The largest absolute Gasteiger partial charge is 0.111 e. The Morgan fingerprint density at radius 1 is 1.36 bits per heavy atom. The summed E-state index contributed by atoms with van der Waals surface area (Å²) in [6, 6.07) is 0. The maximum absolute atomic E-state index is 6.02. The molecule has 1 aromatic rings. The minimum atomic E-state index is 0.612. The fourth-order valence-corrected chi connectivity index (χ4v) is 3.65. The zero-order valence-electron chi connectivity index (χ0n) is 6.16. The highest BCUT2D eigenvalue weighted by molar-refractivity contribution is 7.20. The van der Waals surface area contributed by atoms with E-state index in [4.69, 9.17) is 23.2 Å². The van der Waals surface area contributed by atoms with Crippen molar-refractivity contribution in [2.24, 2.45) is 0 Å². The molecule has 3 heteroatoms. The first-order valence-corrected chi connectivity index (χ1v) is 5.24. The molecular weight excluding hydrogens is 199 g/mol. The van der Waals surface area contributed by atoms with E-state index in [1.807, 2.05) is 0 Å². The smallest absolute Gasteiger partial charge is 0.0981 e. The van der Waals surface area contributed by atoms with Crippen molar-refractivity contribution >= 4 is 34.5 Å². The van der Waals surface area contributed by atoms with E-state index >= 15 is 0 Å². The third kappa shape index (κ3) is 1.10. The van der Waals surface area contributed by atoms with Crippen LogP contribution in [-0.4, -0.2) is 0 Å². The van der Waals surface area contributed by atoms with E-state index in [1.165, 1.54) is 28.9 Å². The van der Waals surface area contributed by atoms with Gasteiger partial charge < -0.3 is 0 Å². The fraction of sp³-hybridized carbons (Fsp3) is 0.500. The Morgan fingerprint density at radius 2 is 2.09 bits per heavy atom. The van der Waals surface area contributed by atoms with Gasteiger partial charge in [-0.1, -0.05) is 30.1 Å². The summed E-state index contributed by atoms with van der Waals surface area (Å²) in [6.45, 7) is 2.21. The molecule has 11 heavy (non-hydrogen) atoms. The molecular formula is C8H8Cl2S. The summed E-state index contributed by atoms with van der Waals surface area (Å²) in [7, 11) is 0. The second-order valence-corrected chi connectivity index (χ2v) is 5.21. The first-order chi connectivity index (χ1) is 5.20. The van der Waals surface area contributed by atoms with Crippen molar-refractivity contribution in [3.63, 3.8) is 0 Å². The maximum atomic E-state index is 6.02. The number of rotatable bonds is 0. The average Bonchev–Trinajstić information content (AvgIpc) is 2.41. The lowest BCUT2D eigenvalue weighted by Crippen LogP contribution is -1.82. The van der Waals surface area contributed by atoms with E-state index < -0.39 is 0 Å². The molecule has 1 aliphatic rings. The number of halogens is 2. The normalized spacial score (nSPS) is 22.3. The molecule has 1 unspecified atom stereocenters. The minimum Gasteiger partial charge on any atom is -0.111 e. The molecule has 1 aliphatic carbocycles. The van der Waals surface area contributed by atoms with E-state index in [9.17, 15) is 0 Å². The van der Waals surface area contributed by atoms with Crippen molar-refractivity contribution in [3.05, 3.63) is 19.8 Å². The van der Waals surface area contributed by atoms with Gasteiger partial charge in [-0.25, -0.2) is 0 Å². The molecule has 60 valence electrons. The number of hydrogen-bond donors (Lipinski definition) is 0. The van der Waals surface area contributed by atoms with Gasteiger partial charge in [-0.3, -0.25) is 0 Å². The molecule has 1 atom stereocenters. The minimum absolute atomic E-state index is 0.612. The summed E-state index contributed by atoms with van der Waals surface area (Å²) in [4.78, 5) is 0. The molecule has 0 fully saturated rings. The van der Waals surface area contributed by atoms with Crippen LogP contribution in [0.4, 0.5) is 0 Å². The average molecular weight is 207 g/mol. The monoisotopic (exact) mass is 206 g/mol. The van der Waals surface area contributed by atoms with Crippen LogP contribution in [0.3, 0.4) is 0 Å². The predicted octanol–water partition coefficient (Wildman–Crippen LogP) is 4.10. The molecule has 0 amide bonds. The molecule has 1 heterocycles. The molecule has 0 aromatic carbocycles. The van der Waals surface area contributed by atoms with Crippen molar-refractivity contribution < 1.29 is 0 Å². The maximum Gasteiger partial charge on any atom is 0.0981 e. The second kappa shape index (κ2) is 2.65. The Kier molecular flexibility index (Phi) is 1.90. The Hall–Kier alpha value is 0.280. The van der Waals surface area contributed by atoms with Crippen molar-refractivity contribution in [2.45, 2.75) is 25.7 Å². The SMILES string of the molecule is CC1CCc2c(Cl)sc(Cl)c21. The Labute approximate surface area is 80.1 Å². The Morgan fingerprint density at radius 3 is 2.73 bits per heavy atom. The lowest BCUT2D eigenvalue weighted by molar-refractivity contribution is 0.748. The van der Waals surface area contributed by atoms with Crippen LogP contribution in [0.25, 0.3) is 0 Å². The Bertz CT molecular complexity index is 291. The highest BCUT2D eigenvalue weighted by Gasteiger charge is 2.26. The molecule has 0 aliphatic heterocycles. The molecule has 0 spiro atoms. The van der Waals surface area contributed by atoms with Crippen molar-refractivity contribution in [2.75, 3.05) is 0 Å². The number of fused-ring (bicyclic) bond motifs is 1. The fourth-order valence-electron chi connectivity index (χ4n) is 1.65. The van der Waals surface area contributed by atoms with Gasteiger partial charge >= 0.3 is 0 Å². The van der Waals surface area contributed by atoms with E-state index in [0.717, 1.165) is 15.1 Å². The zero-order chi connectivity index (χ0) is 8.01. The third-order valence-corrected chi connectivity index (χ3v) is 3.99. The standard InChI is InChI=1S/C8H8Cl2S/c1-4-2-3-5-6(4)8(10)11-7(5)9/h4H,2-3H2,1H3. The van der Waals surface area contributed by atoms with E-state index in [0.29, 0.717) is 5.92 Å². The molecule has 0 saturated carbocycles. The predicted molar refractivity (Wildman–Crippen MR) is 51.1 cm³/mol. The molecule has 0 radical (unpaired) electrons. The molecule has 0 bridgehead atoms. The summed E-state index contributed by atoms with van der Waals surface area (Å²) in [5.74, 6) is 0.612. The van der Waals surface area contributed by atoms with Crippen molar-refractivity contribution in [1.29, 1.82) is 0 Å². The van der Waals surface area contributed by atoms with Gasteiger partial charge in [-0.2, -0.15) is 0 Å². The first-order valence-electron chi connectivity index (χ1n) is 3.66. The topological polar surface area (TPSA) is 0 Å². The van der Waals surface area contributed by atoms with Gasteiger partial charge in [0.25, 0.3) is 0 Å². The van der Waals surface area contributed by atoms with E-state index in [-0.39, 0.29) is 0 Å². The van der Waals surface area contributed by atoms with Crippen LogP contribution in [0.2, 0.25) is 8.67 Å². The highest BCUT2D eigenvalue weighted by Crippen LogP contribution is 2.46. The summed E-state index contributed by atoms with van der Waals surface area (Å²) in [5.41, 5.74) is 2.61. The van der Waals surface area contributed by atoms with Gasteiger partial charge in [0.2, 0.25) is 0 Å². The zero-order valence-corrected chi connectivity index (χ0v) is 8.48. The lowest BCUT2D eigenvalue weighted by atomic mass is 10.1. The number of thiophene rings is 1. The summed E-state index contributed by atoms with van der Waals surface area (Å²) in [5, 5.41) is 0. The van der Waals surface area contributed by atoms with Crippen LogP contribution >= 0.6 is 34.5 Å². The van der Waals surface area contributed by atoms with Gasteiger partial charge in [-0.15, -0.1) is 11.3 Å². The van der Waals surface area contributed by atoms with Gasteiger partial charge in [0.1, 0.15) is 0 Å². The summed E-state index contributed by atoms with van der Waals surface area (Å²) < 4.78 is 1.80. The molecule has 1 aromatic heterocycles. The Balaban J connectivity index is 2.60. The van der Waals surface area contributed by atoms with E-state index in [2.05, 4.69) is 6.92 Å². The van der Waals surface area contributed by atoms with E-state index in [1.54, 1.807) is 0 Å². The summed E-state index contributed by atoms with van der Waals surface area (Å²) in [6.07, 6.45) is 2.32. The van der Waals surface area contributed by atoms with Crippen molar-refractivity contribution in [3.8, 4) is 0 Å². The van der Waals surface area contributed by atoms with Crippen LogP contribution in [-0.2, 0) is 6.42 Å². The van der Waals surface area contributed by atoms with Gasteiger partial charge in [0.05, 0.1) is 8.67 Å². The quantitative estimate of drug-likeness (QED) is 0.600. The molecule has 0 saturated heterocycles. The first kappa shape index (κ1) is 7.90. The molecule has 0 N–H and O–H groups in total. The highest BCUT2D eigenvalue weighted by atomic mass is 35.5. The van der Waals surface area contributed by atoms with Gasteiger partial charge in [-0.05, 0) is 29.9 Å². The van der Waals surface area contributed by atoms with Crippen LogP contribution in [0.15, 0.2) is 0 Å².